The highest BCUT2D eigenvalue weighted by atomic mass is 16.3. The van der Waals surface area contributed by atoms with Crippen molar-refractivity contribution in [2.24, 2.45) is 7.05 Å². The molecule has 3 rings (SSSR count). The van der Waals surface area contributed by atoms with Crippen LogP contribution >= 0.6 is 0 Å². The van der Waals surface area contributed by atoms with Gasteiger partial charge < -0.3 is 9.67 Å². The Hall–Kier alpha value is -1.35. The molecule has 3 heteroatoms. The van der Waals surface area contributed by atoms with Gasteiger partial charge in [-0.25, -0.2) is 0 Å². The molecule has 0 bridgehead atoms. The average Bonchev–Trinajstić information content (AvgIpc) is 2.84. The number of aromatic nitrogens is 2. The maximum absolute atomic E-state index is 9.94. The Labute approximate surface area is 82.0 Å². The minimum atomic E-state index is -0.578. The topological polar surface area (TPSA) is 38.0 Å². The van der Waals surface area contributed by atoms with Crippen LogP contribution in [0.2, 0.25) is 0 Å². The van der Waals surface area contributed by atoms with Gasteiger partial charge in [0.1, 0.15) is 0 Å². The Bertz CT molecular complexity index is 497. The largest absolute Gasteiger partial charge is 0.385 e. The molecule has 0 aromatic carbocycles. The van der Waals surface area contributed by atoms with Gasteiger partial charge in [-0.05, 0) is 25.0 Å². The van der Waals surface area contributed by atoms with E-state index < -0.39 is 5.60 Å². The Morgan fingerprint density at radius 2 is 2.29 bits per heavy atom. The van der Waals surface area contributed by atoms with Gasteiger partial charge in [0.15, 0.2) is 0 Å². The lowest BCUT2D eigenvalue weighted by molar-refractivity contribution is 0.151. The summed E-state index contributed by atoms with van der Waals surface area (Å²) in [4.78, 5) is 4.33. The van der Waals surface area contributed by atoms with Crippen molar-refractivity contribution in [3.05, 3.63) is 30.1 Å². The summed E-state index contributed by atoms with van der Waals surface area (Å²) in [5.41, 5.74) is 2.45. The molecule has 14 heavy (non-hydrogen) atoms. The van der Waals surface area contributed by atoms with Gasteiger partial charge >= 0.3 is 0 Å². The monoisotopic (exact) mass is 188 g/mol. The number of fused-ring (bicyclic) bond motifs is 1. The van der Waals surface area contributed by atoms with Gasteiger partial charge in [-0.15, -0.1) is 0 Å². The molecule has 2 aromatic heterocycles. The molecule has 0 atom stereocenters. The summed E-state index contributed by atoms with van der Waals surface area (Å²) in [5.74, 6) is 0. The lowest BCUT2D eigenvalue weighted by Crippen LogP contribution is -2.04. The van der Waals surface area contributed by atoms with E-state index in [-0.39, 0.29) is 0 Å². The minimum Gasteiger partial charge on any atom is -0.385 e. The summed E-state index contributed by atoms with van der Waals surface area (Å²) in [5, 5.41) is 9.94. The van der Waals surface area contributed by atoms with E-state index in [1.54, 1.807) is 6.20 Å². The highest BCUT2D eigenvalue weighted by Gasteiger charge is 2.42. The van der Waals surface area contributed by atoms with E-state index in [4.69, 9.17) is 0 Å². The molecular formula is C11H12N2O. The second-order valence-corrected chi connectivity index (χ2v) is 4.09. The zero-order valence-corrected chi connectivity index (χ0v) is 8.07. The van der Waals surface area contributed by atoms with Gasteiger partial charge in [-0.3, -0.25) is 4.98 Å². The first-order valence-corrected chi connectivity index (χ1v) is 4.83. The number of rotatable bonds is 1. The standard InChI is InChI=1S/C11H12N2O/c1-13-5-2-9-10(13)6-8(7-12-9)11(14)3-4-11/h2,5-7,14H,3-4H2,1H3. The third-order valence-electron chi connectivity index (χ3n) is 2.99. The summed E-state index contributed by atoms with van der Waals surface area (Å²) < 4.78 is 2.03. The average molecular weight is 188 g/mol. The number of pyridine rings is 1. The van der Waals surface area contributed by atoms with Crippen molar-refractivity contribution < 1.29 is 5.11 Å². The highest BCUT2D eigenvalue weighted by molar-refractivity contribution is 5.76. The Balaban J connectivity index is 2.23. The van der Waals surface area contributed by atoms with E-state index in [9.17, 15) is 5.11 Å². The van der Waals surface area contributed by atoms with Crippen LogP contribution in [0.1, 0.15) is 18.4 Å². The molecule has 0 amide bonds. The summed E-state index contributed by atoms with van der Waals surface area (Å²) in [6.45, 7) is 0. The fourth-order valence-electron chi connectivity index (χ4n) is 1.80. The number of aryl methyl sites for hydroxylation is 1. The Kier molecular flexibility index (Phi) is 1.35. The molecular weight excluding hydrogens is 176 g/mol. The number of aliphatic hydroxyl groups is 1. The quantitative estimate of drug-likeness (QED) is 0.737. The number of hydrogen-bond donors (Lipinski definition) is 1. The first kappa shape index (κ1) is 8.00. The highest BCUT2D eigenvalue weighted by Crippen LogP contribution is 2.45. The molecule has 0 unspecified atom stereocenters. The van der Waals surface area contributed by atoms with Gasteiger partial charge in [0.05, 0.1) is 16.6 Å². The Morgan fingerprint density at radius 3 is 3.00 bits per heavy atom. The molecule has 72 valence electrons. The van der Waals surface area contributed by atoms with E-state index >= 15 is 0 Å². The van der Waals surface area contributed by atoms with Gasteiger partial charge in [-0.2, -0.15) is 0 Å². The number of hydrogen-bond acceptors (Lipinski definition) is 2. The van der Waals surface area contributed by atoms with Crippen LogP contribution in [0.15, 0.2) is 24.5 Å². The van der Waals surface area contributed by atoms with Crippen LogP contribution in [0.4, 0.5) is 0 Å². The smallest absolute Gasteiger partial charge is 0.0914 e. The molecule has 1 aliphatic carbocycles. The number of nitrogens with zero attached hydrogens (tertiary/aromatic N) is 2. The predicted octanol–water partition coefficient (Wildman–Crippen LogP) is 1.55. The molecule has 1 aliphatic rings. The third kappa shape index (κ3) is 0.990. The second kappa shape index (κ2) is 2.36. The van der Waals surface area contributed by atoms with Crippen molar-refractivity contribution in [3.63, 3.8) is 0 Å². The van der Waals surface area contributed by atoms with Gasteiger partial charge in [0.2, 0.25) is 0 Å². The molecule has 0 aliphatic heterocycles. The van der Waals surface area contributed by atoms with Crippen LogP contribution in [0.3, 0.4) is 0 Å². The summed E-state index contributed by atoms with van der Waals surface area (Å²) in [6.07, 6.45) is 5.50. The van der Waals surface area contributed by atoms with E-state index in [1.165, 1.54) is 0 Å². The normalized spacial score (nSPS) is 18.7. The van der Waals surface area contributed by atoms with Crippen molar-refractivity contribution in [2.45, 2.75) is 18.4 Å². The predicted molar refractivity (Wildman–Crippen MR) is 53.8 cm³/mol. The summed E-state index contributed by atoms with van der Waals surface area (Å²) in [7, 11) is 1.99. The molecule has 3 nitrogen and oxygen atoms in total. The van der Waals surface area contributed by atoms with E-state index in [0.29, 0.717) is 0 Å². The second-order valence-electron chi connectivity index (χ2n) is 4.09. The summed E-state index contributed by atoms with van der Waals surface area (Å²) >= 11 is 0. The van der Waals surface area contributed by atoms with Gasteiger partial charge in [0, 0.05) is 25.0 Å². The van der Waals surface area contributed by atoms with E-state index in [2.05, 4.69) is 4.98 Å². The molecule has 0 spiro atoms. The molecule has 0 radical (unpaired) electrons. The lowest BCUT2D eigenvalue weighted by atomic mass is 10.1. The van der Waals surface area contributed by atoms with Crippen LogP contribution in [0.5, 0.6) is 0 Å². The zero-order chi connectivity index (χ0) is 9.76. The molecule has 1 fully saturated rings. The zero-order valence-electron chi connectivity index (χ0n) is 8.07. The van der Waals surface area contributed by atoms with E-state index in [0.717, 1.165) is 29.4 Å². The van der Waals surface area contributed by atoms with Gasteiger partial charge in [0.25, 0.3) is 0 Å². The molecule has 1 saturated carbocycles. The van der Waals surface area contributed by atoms with Crippen LogP contribution in [-0.2, 0) is 12.6 Å². The van der Waals surface area contributed by atoms with Crippen molar-refractivity contribution >= 4 is 11.0 Å². The van der Waals surface area contributed by atoms with Crippen LogP contribution in [-0.4, -0.2) is 14.7 Å². The minimum absolute atomic E-state index is 0.578. The van der Waals surface area contributed by atoms with E-state index in [1.807, 2.05) is 29.9 Å². The van der Waals surface area contributed by atoms with Gasteiger partial charge in [-0.1, -0.05) is 0 Å². The van der Waals surface area contributed by atoms with Crippen LogP contribution in [0, 0.1) is 0 Å². The SMILES string of the molecule is Cn1ccc2ncc(C3(O)CC3)cc21. The maximum Gasteiger partial charge on any atom is 0.0914 e. The van der Waals surface area contributed by atoms with Crippen LogP contribution < -0.4 is 0 Å². The molecule has 0 saturated heterocycles. The first-order valence-electron chi connectivity index (χ1n) is 4.83. The molecule has 2 aromatic rings. The Morgan fingerprint density at radius 1 is 1.50 bits per heavy atom. The fraction of sp³-hybridized carbons (Fsp3) is 0.364. The van der Waals surface area contributed by atoms with Crippen molar-refractivity contribution in [1.82, 2.24) is 9.55 Å². The lowest BCUT2D eigenvalue weighted by Gasteiger charge is -2.07. The first-order chi connectivity index (χ1) is 6.69. The third-order valence-corrected chi connectivity index (χ3v) is 2.99. The summed E-state index contributed by atoms with van der Waals surface area (Å²) in [6, 6.07) is 4.02. The van der Waals surface area contributed by atoms with Crippen molar-refractivity contribution in [3.8, 4) is 0 Å². The fourth-order valence-corrected chi connectivity index (χ4v) is 1.80. The van der Waals surface area contributed by atoms with Crippen molar-refractivity contribution in [2.75, 3.05) is 0 Å². The van der Waals surface area contributed by atoms with Crippen LogP contribution in [0.25, 0.3) is 11.0 Å². The molecule has 2 heterocycles. The van der Waals surface area contributed by atoms with Crippen molar-refractivity contribution in [1.29, 1.82) is 0 Å². The molecule has 1 N–H and O–H groups in total. The maximum atomic E-state index is 9.94.